The average molecular weight is 304 g/mol. The molecule has 1 amide bonds. The highest BCUT2D eigenvalue weighted by molar-refractivity contribution is 7.80. The van der Waals surface area contributed by atoms with Gasteiger partial charge in [0.2, 0.25) is 5.91 Å². The third-order valence-electron chi connectivity index (χ3n) is 4.28. The fourth-order valence-corrected chi connectivity index (χ4v) is 3.38. The topological polar surface area (TPSA) is 55.1 Å². The largest absolute Gasteiger partial charge is 0.392 e. The fourth-order valence-electron chi connectivity index (χ4n) is 3.12. The van der Waals surface area contributed by atoms with Gasteiger partial charge in [0.1, 0.15) is 0 Å². The van der Waals surface area contributed by atoms with Crippen molar-refractivity contribution < 1.29 is 4.79 Å². The first-order valence-corrected chi connectivity index (χ1v) is 7.78. The van der Waals surface area contributed by atoms with E-state index in [-0.39, 0.29) is 11.3 Å². The Bertz CT molecular complexity index is 568. The van der Waals surface area contributed by atoms with Gasteiger partial charge >= 0.3 is 0 Å². The second-order valence-electron chi connectivity index (χ2n) is 7.21. The smallest absolute Gasteiger partial charge is 0.237 e. The van der Waals surface area contributed by atoms with Crippen LogP contribution in [0.3, 0.4) is 0 Å². The number of rotatable bonds is 3. The van der Waals surface area contributed by atoms with Crippen LogP contribution >= 0.6 is 12.2 Å². The molecule has 4 heteroatoms. The van der Waals surface area contributed by atoms with Gasteiger partial charge in [-0.2, -0.15) is 0 Å². The molecule has 3 nitrogen and oxygen atoms in total. The predicted molar refractivity (Wildman–Crippen MR) is 91.4 cm³/mol. The summed E-state index contributed by atoms with van der Waals surface area (Å²) in [6, 6.07) is 7.91. The van der Waals surface area contributed by atoms with Crippen molar-refractivity contribution in [2.45, 2.75) is 46.0 Å². The van der Waals surface area contributed by atoms with E-state index in [9.17, 15) is 4.79 Å². The van der Waals surface area contributed by atoms with Crippen LogP contribution < -0.4 is 11.1 Å². The molecular formula is C17H24N2OS. The zero-order chi connectivity index (χ0) is 15.8. The highest BCUT2D eigenvalue weighted by Crippen LogP contribution is 2.46. The minimum atomic E-state index is -0.667. The van der Waals surface area contributed by atoms with Crippen molar-refractivity contribution in [3.05, 3.63) is 29.8 Å². The zero-order valence-corrected chi connectivity index (χ0v) is 14.0. The zero-order valence-electron chi connectivity index (χ0n) is 13.2. The molecule has 3 N–H and O–H groups in total. The number of hydrogen-bond donors (Lipinski definition) is 2. The minimum Gasteiger partial charge on any atom is -0.392 e. The molecule has 0 aliphatic heterocycles. The van der Waals surface area contributed by atoms with Gasteiger partial charge in [0.15, 0.2) is 0 Å². The average Bonchev–Trinajstić information content (AvgIpc) is 2.33. The Labute approximate surface area is 132 Å². The molecule has 21 heavy (non-hydrogen) atoms. The van der Waals surface area contributed by atoms with E-state index < -0.39 is 5.41 Å². The third kappa shape index (κ3) is 2.95. The van der Waals surface area contributed by atoms with E-state index in [1.807, 2.05) is 24.3 Å². The van der Waals surface area contributed by atoms with Gasteiger partial charge in [0.25, 0.3) is 0 Å². The lowest BCUT2D eigenvalue weighted by Gasteiger charge is -2.44. The maximum Gasteiger partial charge on any atom is 0.237 e. The van der Waals surface area contributed by atoms with Gasteiger partial charge in [0.05, 0.1) is 10.4 Å². The van der Waals surface area contributed by atoms with Gasteiger partial charge < -0.3 is 11.1 Å². The number of thiocarbonyl (C=S) groups is 1. The number of hydrogen-bond acceptors (Lipinski definition) is 2. The molecule has 114 valence electrons. The number of benzene rings is 1. The fraction of sp³-hybridized carbons (Fsp3) is 0.529. The van der Waals surface area contributed by atoms with E-state index in [1.54, 1.807) is 0 Å². The van der Waals surface area contributed by atoms with Crippen molar-refractivity contribution in [1.82, 2.24) is 0 Å². The van der Waals surface area contributed by atoms with Crippen LogP contribution in [0.1, 0.15) is 46.1 Å². The van der Waals surface area contributed by atoms with E-state index >= 15 is 0 Å². The van der Waals surface area contributed by atoms with Crippen molar-refractivity contribution in [3.63, 3.8) is 0 Å². The molecule has 0 bridgehead atoms. The van der Waals surface area contributed by atoms with E-state index in [4.69, 9.17) is 18.0 Å². The Morgan fingerprint density at radius 1 is 1.33 bits per heavy atom. The number of amides is 1. The molecule has 1 aromatic rings. The van der Waals surface area contributed by atoms with Crippen LogP contribution in [-0.2, 0) is 10.2 Å². The molecule has 2 rings (SSSR count). The minimum absolute atomic E-state index is 0.0346. The molecule has 1 fully saturated rings. The Balaban J connectivity index is 2.27. The monoisotopic (exact) mass is 304 g/mol. The van der Waals surface area contributed by atoms with Gasteiger partial charge in [-0.1, -0.05) is 58.1 Å². The van der Waals surface area contributed by atoms with Gasteiger partial charge in [0, 0.05) is 5.69 Å². The van der Waals surface area contributed by atoms with Crippen LogP contribution in [0, 0.1) is 11.3 Å². The first-order valence-electron chi connectivity index (χ1n) is 7.38. The molecule has 0 spiro atoms. The quantitative estimate of drug-likeness (QED) is 0.839. The van der Waals surface area contributed by atoms with Gasteiger partial charge in [-0.15, -0.1) is 0 Å². The summed E-state index contributed by atoms with van der Waals surface area (Å²) in [5, 5.41) is 3.06. The molecule has 1 aromatic carbocycles. The van der Waals surface area contributed by atoms with Crippen LogP contribution in [0.25, 0.3) is 0 Å². The summed E-state index contributed by atoms with van der Waals surface area (Å²) in [4.78, 5) is 13.0. The van der Waals surface area contributed by atoms with Crippen molar-refractivity contribution in [1.29, 1.82) is 0 Å². The third-order valence-corrected chi connectivity index (χ3v) is 4.67. The Kier molecular flexibility index (Phi) is 4.11. The van der Waals surface area contributed by atoms with Crippen molar-refractivity contribution in [2.75, 3.05) is 5.32 Å². The van der Waals surface area contributed by atoms with E-state index in [2.05, 4.69) is 33.0 Å². The number of carbonyl (C=O) groups is 1. The Morgan fingerprint density at radius 3 is 2.38 bits per heavy atom. The summed E-state index contributed by atoms with van der Waals surface area (Å²) in [5.41, 5.74) is 7.11. The second-order valence-corrected chi connectivity index (χ2v) is 7.65. The first-order chi connectivity index (χ1) is 9.67. The lowest BCUT2D eigenvalue weighted by Crippen LogP contribution is -2.54. The summed E-state index contributed by atoms with van der Waals surface area (Å²) in [7, 11) is 0. The number of anilines is 1. The molecular weight excluding hydrogens is 280 g/mol. The van der Waals surface area contributed by atoms with Gasteiger partial charge in [-0.05, 0) is 35.8 Å². The lowest BCUT2D eigenvalue weighted by atomic mass is 9.62. The van der Waals surface area contributed by atoms with Crippen LogP contribution in [0.4, 0.5) is 5.69 Å². The molecule has 1 saturated carbocycles. The summed E-state index contributed by atoms with van der Waals surface area (Å²) < 4.78 is 0. The number of para-hydroxylation sites is 1. The molecule has 0 radical (unpaired) electrons. The van der Waals surface area contributed by atoms with Crippen LogP contribution in [0.2, 0.25) is 0 Å². The standard InChI is InChI=1S/C17H24N2OS/c1-11-9-17(10-11,14(18)21)15(20)19-13-8-6-5-7-12(13)16(2,3)4/h5-8,11H,9-10H2,1-4H3,(H2,18,21)(H,19,20). The van der Waals surface area contributed by atoms with E-state index in [0.717, 1.165) is 24.1 Å². The number of carbonyl (C=O) groups excluding carboxylic acids is 1. The van der Waals surface area contributed by atoms with Crippen LogP contribution in [0.15, 0.2) is 24.3 Å². The number of nitrogens with one attached hydrogen (secondary N) is 1. The van der Waals surface area contributed by atoms with E-state index in [0.29, 0.717) is 10.9 Å². The molecule has 0 unspecified atom stereocenters. The summed E-state index contributed by atoms with van der Waals surface area (Å²) >= 11 is 5.15. The van der Waals surface area contributed by atoms with E-state index in [1.165, 1.54) is 0 Å². The second kappa shape index (κ2) is 5.41. The molecule has 0 saturated heterocycles. The Morgan fingerprint density at radius 2 is 1.90 bits per heavy atom. The molecule has 1 aliphatic rings. The summed E-state index contributed by atoms with van der Waals surface area (Å²) in [6.07, 6.45) is 1.48. The van der Waals surface area contributed by atoms with Crippen LogP contribution in [0.5, 0.6) is 0 Å². The SMILES string of the molecule is CC1CC(C(=O)Nc2ccccc2C(C)(C)C)(C(N)=S)C1. The number of nitrogens with two attached hydrogens (primary N) is 1. The summed E-state index contributed by atoms with van der Waals surface area (Å²) in [6.45, 7) is 8.51. The Hall–Kier alpha value is -1.42. The van der Waals surface area contributed by atoms with Crippen LogP contribution in [-0.4, -0.2) is 10.9 Å². The molecule has 0 aromatic heterocycles. The first kappa shape index (κ1) is 16.0. The molecule has 0 heterocycles. The molecule has 0 atom stereocenters. The summed E-state index contributed by atoms with van der Waals surface area (Å²) in [5.74, 6) is 0.430. The molecule has 1 aliphatic carbocycles. The van der Waals surface area contributed by atoms with Crippen molar-refractivity contribution in [2.24, 2.45) is 17.1 Å². The van der Waals surface area contributed by atoms with Crippen molar-refractivity contribution >= 4 is 28.8 Å². The maximum absolute atomic E-state index is 12.7. The van der Waals surface area contributed by atoms with Crippen molar-refractivity contribution in [3.8, 4) is 0 Å². The highest BCUT2D eigenvalue weighted by atomic mass is 32.1. The maximum atomic E-state index is 12.7. The highest BCUT2D eigenvalue weighted by Gasteiger charge is 2.51. The normalized spacial score (nSPS) is 25.0. The predicted octanol–water partition coefficient (Wildman–Crippen LogP) is 3.63. The van der Waals surface area contributed by atoms with Gasteiger partial charge in [-0.25, -0.2) is 0 Å². The van der Waals surface area contributed by atoms with Gasteiger partial charge in [-0.3, -0.25) is 4.79 Å². The lowest BCUT2D eigenvalue weighted by molar-refractivity contribution is -0.127.